The zero-order chi connectivity index (χ0) is 9.97. The minimum absolute atomic E-state index is 0.00996. The fourth-order valence-corrected chi connectivity index (χ4v) is 1.59. The summed E-state index contributed by atoms with van der Waals surface area (Å²) in [6.45, 7) is 0. The second-order valence-electron chi connectivity index (χ2n) is 2.97. The molecular formula is C11H8BrNO. The molecule has 3 heteroatoms. The average molecular weight is 250 g/mol. The second kappa shape index (κ2) is 3.88. The molecule has 0 aliphatic carbocycles. The summed E-state index contributed by atoms with van der Waals surface area (Å²) in [6, 6.07) is 9.67. The molecule has 1 aromatic heterocycles. The molecule has 1 heterocycles. The summed E-state index contributed by atoms with van der Waals surface area (Å²) in [7, 11) is 0. The maximum Gasteiger partial charge on any atom is 0.191 e. The number of halogens is 1. The molecule has 14 heavy (non-hydrogen) atoms. The van der Waals surface area contributed by atoms with E-state index in [0.717, 1.165) is 10.8 Å². The Hall–Kier alpha value is -1.22. The van der Waals surface area contributed by atoms with E-state index in [1.807, 2.05) is 30.3 Å². The van der Waals surface area contributed by atoms with Crippen molar-refractivity contribution in [2.45, 2.75) is 0 Å². The van der Waals surface area contributed by atoms with E-state index in [-0.39, 0.29) is 5.78 Å². The van der Waals surface area contributed by atoms with Gasteiger partial charge in [-0.25, -0.2) is 0 Å². The summed E-state index contributed by atoms with van der Waals surface area (Å²) in [6.07, 6.45) is 1.73. The van der Waals surface area contributed by atoms with Gasteiger partial charge in [-0.1, -0.05) is 40.2 Å². The van der Waals surface area contributed by atoms with Gasteiger partial charge in [-0.3, -0.25) is 9.78 Å². The lowest BCUT2D eigenvalue weighted by atomic mass is 10.1. The molecule has 0 fully saturated rings. The van der Waals surface area contributed by atoms with Gasteiger partial charge in [0, 0.05) is 11.6 Å². The van der Waals surface area contributed by atoms with Crippen LogP contribution in [0.1, 0.15) is 10.5 Å². The number of carbonyl (C=O) groups excluding carboxylic acids is 1. The van der Waals surface area contributed by atoms with Crippen molar-refractivity contribution in [1.29, 1.82) is 0 Å². The number of Topliss-reactive ketones (excluding diaryl/α,β-unsaturated/α-hetero) is 1. The number of hydrogen-bond donors (Lipinski definition) is 0. The fourth-order valence-electron chi connectivity index (χ4n) is 1.30. The van der Waals surface area contributed by atoms with Crippen LogP contribution in [0.15, 0.2) is 36.5 Å². The summed E-state index contributed by atoms with van der Waals surface area (Å²) in [5, 5.41) is 2.42. The van der Waals surface area contributed by atoms with E-state index in [4.69, 9.17) is 0 Å². The summed E-state index contributed by atoms with van der Waals surface area (Å²) in [4.78, 5) is 15.4. The van der Waals surface area contributed by atoms with Gasteiger partial charge in [0.15, 0.2) is 5.78 Å². The molecule has 0 aliphatic heterocycles. The van der Waals surface area contributed by atoms with E-state index in [1.165, 1.54) is 0 Å². The number of nitrogens with zero attached hydrogens (tertiary/aromatic N) is 1. The second-order valence-corrected chi connectivity index (χ2v) is 3.53. The lowest BCUT2D eigenvalue weighted by Crippen LogP contribution is -2.02. The van der Waals surface area contributed by atoms with Crippen LogP contribution >= 0.6 is 15.9 Å². The smallest absolute Gasteiger partial charge is 0.191 e. The minimum atomic E-state index is 0.00996. The van der Waals surface area contributed by atoms with Crippen LogP contribution in [0.3, 0.4) is 0 Å². The van der Waals surface area contributed by atoms with Crippen molar-refractivity contribution in [1.82, 2.24) is 4.98 Å². The Morgan fingerprint density at radius 3 is 2.71 bits per heavy atom. The quantitative estimate of drug-likeness (QED) is 0.606. The first-order chi connectivity index (χ1) is 6.81. The molecule has 0 unspecified atom stereocenters. The molecule has 0 bridgehead atoms. The topological polar surface area (TPSA) is 30.0 Å². The van der Waals surface area contributed by atoms with E-state index in [0.29, 0.717) is 11.0 Å². The van der Waals surface area contributed by atoms with Crippen LogP contribution in [0.2, 0.25) is 0 Å². The number of alkyl halides is 1. The van der Waals surface area contributed by atoms with Crippen LogP contribution < -0.4 is 0 Å². The summed E-state index contributed by atoms with van der Waals surface area (Å²) >= 11 is 3.13. The Bertz CT molecular complexity index is 481. The molecule has 0 atom stereocenters. The highest BCUT2D eigenvalue weighted by Gasteiger charge is 2.05. The molecular weight excluding hydrogens is 242 g/mol. The van der Waals surface area contributed by atoms with Gasteiger partial charge in [0.1, 0.15) is 5.69 Å². The monoisotopic (exact) mass is 249 g/mol. The number of aromatic nitrogens is 1. The lowest BCUT2D eigenvalue weighted by Gasteiger charge is -1.99. The molecule has 0 aliphatic rings. The maximum atomic E-state index is 11.3. The number of hydrogen-bond acceptors (Lipinski definition) is 2. The van der Waals surface area contributed by atoms with Crippen LogP contribution in [0.5, 0.6) is 0 Å². The van der Waals surface area contributed by atoms with Gasteiger partial charge in [-0.2, -0.15) is 0 Å². The zero-order valence-electron chi connectivity index (χ0n) is 7.40. The number of benzene rings is 1. The molecule has 1 aromatic carbocycles. The van der Waals surface area contributed by atoms with E-state index < -0.39 is 0 Å². The Labute approximate surface area is 90.1 Å². The molecule has 2 aromatic rings. The largest absolute Gasteiger partial charge is 0.291 e. The number of fused-ring (bicyclic) bond motifs is 1. The molecule has 2 rings (SSSR count). The van der Waals surface area contributed by atoms with Gasteiger partial charge in [0.05, 0.1) is 5.33 Å². The van der Waals surface area contributed by atoms with E-state index in [9.17, 15) is 4.79 Å². The minimum Gasteiger partial charge on any atom is -0.291 e. The first kappa shape index (κ1) is 9.34. The van der Waals surface area contributed by atoms with Crippen LogP contribution in [0.4, 0.5) is 0 Å². The molecule has 0 saturated carbocycles. The average Bonchev–Trinajstić information content (AvgIpc) is 2.27. The molecule has 0 N–H and O–H groups in total. The van der Waals surface area contributed by atoms with Crippen LogP contribution in [0, 0.1) is 0 Å². The molecule has 2 nitrogen and oxygen atoms in total. The van der Waals surface area contributed by atoms with Gasteiger partial charge in [0.25, 0.3) is 0 Å². The van der Waals surface area contributed by atoms with Gasteiger partial charge in [-0.05, 0) is 11.5 Å². The SMILES string of the molecule is O=C(CBr)c1cc2ccccc2cn1. The van der Waals surface area contributed by atoms with Gasteiger partial charge in [-0.15, -0.1) is 0 Å². The molecule has 0 amide bonds. The van der Waals surface area contributed by atoms with Crippen molar-refractivity contribution < 1.29 is 4.79 Å². The van der Waals surface area contributed by atoms with Gasteiger partial charge >= 0.3 is 0 Å². The predicted octanol–water partition coefficient (Wildman–Crippen LogP) is 2.81. The van der Waals surface area contributed by atoms with Crippen LogP contribution in [-0.2, 0) is 0 Å². The van der Waals surface area contributed by atoms with Gasteiger partial charge < -0.3 is 0 Å². The predicted molar refractivity (Wildman–Crippen MR) is 59.9 cm³/mol. The van der Waals surface area contributed by atoms with Crippen molar-refractivity contribution in [2.75, 3.05) is 5.33 Å². The van der Waals surface area contributed by atoms with Crippen molar-refractivity contribution in [2.24, 2.45) is 0 Å². The van der Waals surface area contributed by atoms with Gasteiger partial charge in [0.2, 0.25) is 0 Å². The van der Waals surface area contributed by atoms with Crippen molar-refractivity contribution >= 4 is 32.5 Å². The first-order valence-electron chi connectivity index (χ1n) is 4.25. The molecule has 0 radical (unpaired) electrons. The summed E-state index contributed by atoms with van der Waals surface area (Å²) in [5.74, 6) is 0.00996. The van der Waals surface area contributed by atoms with E-state index in [1.54, 1.807) is 6.20 Å². The van der Waals surface area contributed by atoms with Crippen molar-refractivity contribution in [3.63, 3.8) is 0 Å². The summed E-state index contributed by atoms with van der Waals surface area (Å²) < 4.78 is 0. The number of carbonyl (C=O) groups is 1. The normalized spacial score (nSPS) is 10.4. The zero-order valence-corrected chi connectivity index (χ0v) is 8.99. The van der Waals surface area contributed by atoms with Crippen LogP contribution in [-0.4, -0.2) is 16.1 Å². The number of ketones is 1. The Kier molecular flexibility index (Phi) is 2.59. The first-order valence-corrected chi connectivity index (χ1v) is 5.37. The van der Waals surface area contributed by atoms with Crippen molar-refractivity contribution in [3.05, 3.63) is 42.2 Å². The third-order valence-electron chi connectivity index (χ3n) is 2.04. The fraction of sp³-hybridized carbons (Fsp3) is 0.0909. The van der Waals surface area contributed by atoms with Crippen LogP contribution in [0.25, 0.3) is 10.8 Å². The highest BCUT2D eigenvalue weighted by atomic mass is 79.9. The third kappa shape index (κ3) is 1.68. The van der Waals surface area contributed by atoms with E-state index >= 15 is 0 Å². The number of pyridine rings is 1. The highest BCUT2D eigenvalue weighted by Crippen LogP contribution is 2.13. The molecule has 0 spiro atoms. The summed E-state index contributed by atoms with van der Waals surface area (Å²) in [5.41, 5.74) is 0.514. The van der Waals surface area contributed by atoms with Crippen molar-refractivity contribution in [3.8, 4) is 0 Å². The molecule has 70 valence electrons. The maximum absolute atomic E-state index is 11.3. The lowest BCUT2D eigenvalue weighted by molar-refractivity contribution is 0.101. The Morgan fingerprint density at radius 2 is 2.00 bits per heavy atom. The molecule has 0 saturated heterocycles. The third-order valence-corrected chi connectivity index (χ3v) is 2.55. The Balaban J connectivity index is 2.56. The standard InChI is InChI=1S/C11H8BrNO/c12-6-11(14)10-5-8-3-1-2-4-9(8)7-13-10/h1-5,7H,6H2. The Morgan fingerprint density at radius 1 is 1.29 bits per heavy atom. The van der Waals surface area contributed by atoms with E-state index in [2.05, 4.69) is 20.9 Å². The highest BCUT2D eigenvalue weighted by molar-refractivity contribution is 9.09. The number of rotatable bonds is 2.